The molecule has 0 saturated heterocycles. The van der Waals surface area contributed by atoms with Gasteiger partial charge in [0.1, 0.15) is 0 Å². The van der Waals surface area contributed by atoms with E-state index in [2.05, 4.69) is 38.1 Å². The quantitative estimate of drug-likeness (QED) is 0.443. The number of aryl methyl sites for hydroxylation is 1. The molecule has 2 rings (SSSR count). The lowest BCUT2D eigenvalue weighted by Gasteiger charge is -2.26. The standard InChI is InChI=1S/C23H32NO4P/c1-17-8-6-7-11-21(17)20(16-18(2)19-9-4-3-5-10-19)14-15-29(27,28)22(24)12-13-23(25)26/h3-11,18,20,22H,12-16,24H2,1-2H3,(H,25,26)(H,27,28). The zero-order valence-electron chi connectivity index (χ0n) is 17.2. The van der Waals surface area contributed by atoms with E-state index in [1.165, 1.54) is 16.7 Å². The highest BCUT2D eigenvalue weighted by molar-refractivity contribution is 7.58. The third kappa shape index (κ3) is 7.11. The van der Waals surface area contributed by atoms with Crippen molar-refractivity contribution in [3.8, 4) is 0 Å². The molecule has 29 heavy (non-hydrogen) atoms. The van der Waals surface area contributed by atoms with Gasteiger partial charge in [-0.25, -0.2) is 0 Å². The van der Waals surface area contributed by atoms with E-state index in [-0.39, 0.29) is 24.9 Å². The maximum absolute atomic E-state index is 12.7. The molecule has 2 aromatic rings. The lowest BCUT2D eigenvalue weighted by molar-refractivity contribution is -0.137. The predicted molar refractivity (Wildman–Crippen MR) is 118 cm³/mol. The Morgan fingerprint density at radius 1 is 1.07 bits per heavy atom. The van der Waals surface area contributed by atoms with E-state index in [9.17, 15) is 14.3 Å². The molecule has 0 aliphatic rings. The van der Waals surface area contributed by atoms with E-state index >= 15 is 0 Å². The molecule has 0 aliphatic carbocycles. The van der Waals surface area contributed by atoms with Crippen molar-refractivity contribution in [2.24, 2.45) is 5.73 Å². The minimum absolute atomic E-state index is 0.0125. The number of hydrogen-bond donors (Lipinski definition) is 3. The van der Waals surface area contributed by atoms with Crippen molar-refractivity contribution >= 4 is 13.3 Å². The van der Waals surface area contributed by atoms with E-state index < -0.39 is 19.1 Å². The first-order valence-corrected chi connectivity index (χ1v) is 12.0. The Morgan fingerprint density at radius 3 is 2.31 bits per heavy atom. The number of carbonyl (C=O) groups is 1. The summed E-state index contributed by atoms with van der Waals surface area (Å²) in [5.41, 5.74) is 9.47. The first-order valence-electron chi connectivity index (χ1n) is 10.1. The van der Waals surface area contributed by atoms with E-state index in [0.29, 0.717) is 12.3 Å². The Hall–Kier alpha value is -1.94. The van der Waals surface area contributed by atoms with Crippen LogP contribution in [0.15, 0.2) is 54.6 Å². The molecule has 5 nitrogen and oxygen atoms in total. The van der Waals surface area contributed by atoms with Crippen LogP contribution in [0.3, 0.4) is 0 Å². The van der Waals surface area contributed by atoms with Crippen molar-refractivity contribution in [2.75, 3.05) is 6.16 Å². The van der Waals surface area contributed by atoms with Crippen LogP contribution in [0.25, 0.3) is 0 Å². The number of hydrogen-bond acceptors (Lipinski definition) is 3. The number of carboxylic acid groups (broad SMARTS) is 1. The third-order valence-corrected chi connectivity index (χ3v) is 7.80. The first-order chi connectivity index (χ1) is 13.7. The first kappa shape index (κ1) is 23.3. The summed E-state index contributed by atoms with van der Waals surface area (Å²) in [7, 11) is -3.63. The summed E-state index contributed by atoms with van der Waals surface area (Å²) >= 11 is 0. The lowest BCUT2D eigenvalue weighted by Crippen LogP contribution is -2.23. The summed E-state index contributed by atoms with van der Waals surface area (Å²) in [5, 5.41) is 8.81. The summed E-state index contributed by atoms with van der Waals surface area (Å²) in [4.78, 5) is 21.2. The number of rotatable bonds is 11. The molecule has 4 atom stereocenters. The monoisotopic (exact) mass is 417 g/mol. The van der Waals surface area contributed by atoms with E-state index in [0.717, 1.165) is 6.42 Å². The Morgan fingerprint density at radius 2 is 1.69 bits per heavy atom. The van der Waals surface area contributed by atoms with Crippen molar-refractivity contribution in [1.29, 1.82) is 0 Å². The zero-order valence-corrected chi connectivity index (χ0v) is 18.1. The molecule has 158 valence electrons. The normalized spacial score (nSPS) is 16.6. The summed E-state index contributed by atoms with van der Waals surface area (Å²) < 4.78 is 12.7. The highest BCUT2D eigenvalue weighted by Gasteiger charge is 2.30. The minimum Gasteiger partial charge on any atom is -0.481 e. The lowest BCUT2D eigenvalue weighted by atomic mass is 9.83. The molecular formula is C23H32NO4P. The molecule has 0 amide bonds. The molecule has 6 heteroatoms. The highest BCUT2D eigenvalue weighted by atomic mass is 31.2. The average Bonchev–Trinajstić information content (AvgIpc) is 2.70. The van der Waals surface area contributed by atoms with Gasteiger partial charge in [-0.1, -0.05) is 61.5 Å². The van der Waals surface area contributed by atoms with Gasteiger partial charge in [-0.3, -0.25) is 9.36 Å². The summed E-state index contributed by atoms with van der Waals surface area (Å²) in [5.74, 6) is -1.57. The van der Waals surface area contributed by atoms with Gasteiger partial charge < -0.3 is 15.7 Å². The second-order valence-corrected chi connectivity index (χ2v) is 10.5. The van der Waals surface area contributed by atoms with E-state index in [4.69, 9.17) is 10.8 Å². The van der Waals surface area contributed by atoms with E-state index in [1.807, 2.05) is 30.3 Å². The molecule has 0 aliphatic heterocycles. The molecule has 0 fully saturated rings. The van der Waals surface area contributed by atoms with Crippen LogP contribution in [0.1, 0.15) is 61.1 Å². The van der Waals surface area contributed by atoms with Gasteiger partial charge in [0.05, 0.1) is 5.78 Å². The second-order valence-electron chi connectivity index (χ2n) is 7.87. The van der Waals surface area contributed by atoms with Crippen molar-refractivity contribution in [1.82, 2.24) is 0 Å². The number of aliphatic carboxylic acids is 1. The maximum atomic E-state index is 12.7. The van der Waals surface area contributed by atoms with Crippen LogP contribution in [0.5, 0.6) is 0 Å². The summed E-state index contributed by atoms with van der Waals surface area (Å²) in [6.45, 7) is 4.24. The predicted octanol–water partition coefficient (Wildman–Crippen LogP) is 5.08. The van der Waals surface area contributed by atoms with Gasteiger partial charge in [0.15, 0.2) is 0 Å². The number of carboxylic acids is 1. The molecule has 0 saturated carbocycles. The van der Waals surface area contributed by atoms with Crippen molar-refractivity contribution < 1.29 is 19.4 Å². The molecular weight excluding hydrogens is 385 g/mol. The van der Waals surface area contributed by atoms with Crippen molar-refractivity contribution in [3.63, 3.8) is 0 Å². The minimum atomic E-state index is -3.63. The number of nitrogens with two attached hydrogens (primary N) is 1. The summed E-state index contributed by atoms with van der Waals surface area (Å²) in [6.07, 6.45) is 1.31. The van der Waals surface area contributed by atoms with Gasteiger partial charge in [-0.15, -0.1) is 0 Å². The number of benzene rings is 2. The van der Waals surface area contributed by atoms with Crippen LogP contribution in [-0.4, -0.2) is 27.9 Å². The van der Waals surface area contributed by atoms with E-state index in [1.54, 1.807) is 0 Å². The summed E-state index contributed by atoms with van der Waals surface area (Å²) in [6, 6.07) is 18.4. The van der Waals surface area contributed by atoms with Gasteiger partial charge in [-0.05, 0) is 54.7 Å². The maximum Gasteiger partial charge on any atom is 0.303 e. The van der Waals surface area contributed by atoms with Gasteiger partial charge in [0, 0.05) is 12.6 Å². The topological polar surface area (TPSA) is 101 Å². The molecule has 0 radical (unpaired) electrons. The molecule has 4 N–H and O–H groups in total. The van der Waals surface area contributed by atoms with Crippen LogP contribution in [0.2, 0.25) is 0 Å². The second kappa shape index (κ2) is 10.7. The molecule has 0 aromatic heterocycles. The Balaban J connectivity index is 2.14. The van der Waals surface area contributed by atoms with Crippen LogP contribution < -0.4 is 5.73 Å². The smallest absolute Gasteiger partial charge is 0.303 e. The van der Waals surface area contributed by atoms with Gasteiger partial charge >= 0.3 is 5.97 Å². The van der Waals surface area contributed by atoms with Crippen LogP contribution >= 0.6 is 7.37 Å². The Labute approximate surface area is 173 Å². The SMILES string of the molecule is Cc1ccccc1C(CCP(=O)(O)C(N)CCC(=O)O)CC(C)c1ccccc1. The van der Waals surface area contributed by atoms with Crippen molar-refractivity contribution in [3.05, 3.63) is 71.3 Å². The van der Waals surface area contributed by atoms with Crippen LogP contribution in [0, 0.1) is 6.92 Å². The Bertz CT molecular complexity index is 840. The molecule has 2 aromatic carbocycles. The van der Waals surface area contributed by atoms with Gasteiger partial charge in [0.25, 0.3) is 0 Å². The van der Waals surface area contributed by atoms with Crippen molar-refractivity contribution in [2.45, 2.75) is 57.1 Å². The third-order valence-electron chi connectivity index (χ3n) is 5.61. The largest absolute Gasteiger partial charge is 0.481 e. The van der Waals surface area contributed by atoms with Gasteiger partial charge in [0.2, 0.25) is 7.37 Å². The fourth-order valence-corrected chi connectivity index (χ4v) is 5.32. The molecule has 0 bridgehead atoms. The Kier molecular flexibility index (Phi) is 8.63. The highest BCUT2D eigenvalue weighted by Crippen LogP contribution is 2.48. The van der Waals surface area contributed by atoms with Crippen LogP contribution in [0.4, 0.5) is 0 Å². The molecule has 0 heterocycles. The average molecular weight is 417 g/mol. The molecule has 4 unspecified atom stereocenters. The molecule has 0 spiro atoms. The fourth-order valence-electron chi connectivity index (χ4n) is 3.77. The van der Waals surface area contributed by atoms with Crippen LogP contribution in [-0.2, 0) is 9.36 Å². The zero-order chi connectivity index (χ0) is 21.4. The fraction of sp³-hybridized carbons (Fsp3) is 0.435. The van der Waals surface area contributed by atoms with Gasteiger partial charge in [-0.2, -0.15) is 0 Å².